The fourth-order valence-electron chi connectivity index (χ4n) is 2.21. The summed E-state index contributed by atoms with van der Waals surface area (Å²) in [6.45, 7) is 9.37. The zero-order chi connectivity index (χ0) is 16.7. The number of rotatable bonds is 11. The minimum Gasteiger partial charge on any atom is -0.394 e. The second kappa shape index (κ2) is 8.21. The van der Waals surface area contributed by atoms with Crippen LogP contribution in [0.5, 0.6) is 0 Å². The van der Waals surface area contributed by atoms with E-state index in [1.807, 2.05) is 0 Å². The number of hydrogen-bond donors (Lipinski definition) is 5. The summed E-state index contributed by atoms with van der Waals surface area (Å²) in [6.07, 6.45) is -0.999. The molecule has 0 amide bonds. The van der Waals surface area contributed by atoms with E-state index < -0.39 is 35.8 Å². The normalized spacial score (nSPS) is 19.7. The fourth-order valence-corrected chi connectivity index (χ4v) is 2.21. The van der Waals surface area contributed by atoms with Crippen molar-refractivity contribution in [2.75, 3.05) is 6.61 Å². The first-order valence-electron chi connectivity index (χ1n) is 6.52. The summed E-state index contributed by atoms with van der Waals surface area (Å²) in [5.41, 5.74) is -4.82. The van der Waals surface area contributed by atoms with Gasteiger partial charge in [0.2, 0.25) is 0 Å². The highest BCUT2D eigenvalue weighted by Crippen LogP contribution is 2.36. The van der Waals surface area contributed by atoms with E-state index in [9.17, 15) is 25.2 Å². The molecule has 0 heterocycles. The molecule has 0 aliphatic carbocycles. The van der Waals surface area contributed by atoms with Crippen LogP contribution in [0.15, 0.2) is 38.0 Å². The molecule has 0 aromatic rings. The van der Waals surface area contributed by atoms with E-state index in [4.69, 9.17) is 5.11 Å². The summed E-state index contributed by atoms with van der Waals surface area (Å²) >= 11 is 0. The maximum atomic E-state index is 12.2. The molecule has 6 heteroatoms. The van der Waals surface area contributed by atoms with Gasteiger partial charge in [-0.2, -0.15) is 0 Å². The third-order valence-electron chi connectivity index (χ3n) is 3.44. The molecule has 0 bridgehead atoms. The second-order valence-electron chi connectivity index (χ2n) is 4.88. The Bertz CT molecular complexity index is 394. The highest BCUT2D eigenvalue weighted by molar-refractivity contribution is 5.90. The second-order valence-corrected chi connectivity index (χ2v) is 4.88. The van der Waals surface area contributed by atoms with Gasteiger partial charge < -0.3 is 25.5 Å². The molecule has 0 rings (SSSR count). The van der Waals surface area contributed by atoms with Crippen LogP contribution < -0.4 is 0 Å². The summed E-state index contributed by atoms with van der Waals surface area (Å²) < 4.78 is 0. The number of carbonyl (C=O) groups excluding carboxylic acids is 1. The molecule has 0 unspecified atom stereocenters. The molecule has 4 atom stereocenters. The molecule has 0 aromatic heterocycles. The summed E-state index contributed by atoms with van der Waals surface area (Å²) in [5.74, 6) is -0.786. The van der Waals surface area contributed by atoms with Crippen LogP contribution in [0.25, 0.3) is 0 Å². The smallest absolute Gasteiger partial charge is 0.171 e. The van der Waals surface area contributed by atoms with Crippen molar-refractivity contribution >= 4 is 5.78 Å². The molecule has 0 saturated heterocycles. The van der Waals surface area contributed by atoms with E-state index in [-0.39, 0.29) is 19.3 Å². The largest absolute Gasteiger partial charge is 0.394 e. The number of Topliss-reactive ketones (excluding diaryl/α,β-unsaturated/α-hetero) is 1. The van der Waals surface area contributed by atoms with Crippen LogP contribution in [0.2, 0.25) is 0 Å². The number of carbonyl (C=O) groups is 1. The van der Waals surface area contributed by atoms with E-state index in [0.29, 0.717) is 0 Å². The van der Waals surface area contributed by atoms with Gasteiger partial charge in [-0.25, -0.2) is 0 Å². The molecule has 0 aromatic carbocycles. The minimum atomic E-state index is -2.43. The van der Waals surface area contributed by atoms with Gasteiger partial charge in [0, 0.05) is 12.8 Å². The quantitative estimate of drug-likeness (QED) is 0.327. The first kappa shape index (κ1) is 19.7. The maximum absolute atomic E-state index is 12.2. The Balaban J connectivity index is 5.91. The van der Waals surface area contributed by atoms with Gasteiger partial charge in [0.15, 0.2) is 11.4 Å². The van der Waals surface area contributed by atoms with Crippen molar-refractivity contribution in [2.45, 2.75) is 42.7 Å². The average Bonchev–Trinajstić information content (AvgIpc) is 2.45. The van der Waals surface area contributed by atoms with E-state index >= 15 is 0 Å². The third kappa shape index (κ3) is 3.87. The molecular formula is C15H24O6. The van der Waals surface area contributed by atoms with Crippen molar-refractivity contribution in [1.29, 1.82) is 0 Å². The van der Waals surface area contributed by atoms with Crippen LogP contribution in [0.3, 0.4) is 0 Å². The molecule has 0 fully saturated rings. The van der Waals surface area contributed by atoms with Gasteiger partial charge in [0.05, 0.1) is 6.61 Å². The molecule has 0 spiro atoms. The van der Waals surface area contributed by atoms with Crippen LogP contribution in [0, 0.1) is 0 Å². The Morgan fingerprint density at radius 3 is 1.95 bits per heavy atom. The monoisotopic (exact) mass is 300 g/mol. The van der Waals surface area contributed by atoms with Crippen molar-refractivity contribution in [3.63, 3.8) is 0 Å². The molecular weight excluding hydrogens is 276 g/mol. The fraction of sp³-hybridized carbons (Fsp3) is 0.533. The van der Waals surface area contributed by atoms with Crippen molar-refractivity contribution in [3.8, 4) is 0 Å². The number of hydrogen-bond acceptors (Lipinski definition) is 6. The SMILES string of the molecule is C=CCC(=O)[C@@](O)(CC=C)[C@](O)(CC=C)[C@H](O)[C@H](O)CO. The Morgan fingerprint density at radius 2 is 1.57 bits per heavy atom. The van der Waals surface area contributed by atoms with E-state index in [2.05, 4.69) is 19.7 Å². The molecule has 0 saturated carbocycles. The molecule has 21 heavy (non-hydrogen) atoms. The highest BCUT2D eigenvalue weighted by atomic mass is 16.4. The minimum absolute atomic E-state index is 0.244. The lowest BCUT2D eigenvalue weighted by atomic mass is 9.70. The Kier molecular flexibility index (Phi) is 7.70. The van der Waals surface area contributed by atoms with Gasteiger partial charge in [0.1, 0.15) is 17.8 Å². The number of ketones is 1. The lowest BCUT2D eigenvalue weighted by molar-refractivity contribution is -0.221. The Hall–Kier alpha value is -1.31. The predicted molar refractivity (Wildman–Crippen MR) is 78.4 cm³/mol. The van der Waals surface area contributed by atoms with Crippen LogP contribution in [-0.4, -0.2) is 61.3 Å². The molecule has 5 N–H and O–H groups in total. The lowest BCUT2D eigenvalue weighted by Gasteiger charge is -2.45. The van der Waals surface area contributed by atoms with Crippen molar-refractivity contribution < 1.29 is 30.3 Å². The van der Waals surface area contributed by atoms with E-state index in [0.717, 1.165) is 0 Å². The van der Waals surface area contributed by atoms with E-state index in [1.54, 1.807) is 0 Å². The predicted octanol–water partition coefficient (Wildman–Crippen LogP) is -0.540. The van der Waals surface area contributed by atoms with Crippen molar-refractivity contribution in [1.82, 2.24) is 0 Å². The zero-order valence-electron chi connectivity index (χ0n) is 12.0. The number of aliphatic hydroxyl groups excluding tert-OH is 3. The van der Waals surface area contributed by atoms with Crippen molar-refractivity contribution in [2.24, 2.45) is 0 Å². The van der Waals surface area contributed by atoms with Gasteiger partial charge in [-0.3, -0.25) is 4.79 Å². The van der Waals surface area contributed by atoms with Gasteiger partial charge in [-0.15, -0.1) is 19.7 Å². The summed E-state index contributed by atoms with van der Waals surface area (Å²) in [7, 11) is 0. The highest BCUT2D eigenvalue weighted by Gasteiger charge is 2.57. The van der Waals surface area contributed by atoms with Crippen molar-refractivity contribution in [3.05, 3.63) is 38.0 Å². The summed E-state index contributed by atoms with van der Waals surface area (Å²) in [5, 5.41) is 49.9. The lowest BCUT2D eigenvalue weighted by Crippen LogP contribution is -2.67. The van der Waals surface area contributed by atoms with Gasteiger partial charge in [0.25, 0.3) is 0 Å². The van der Waals surface area contributed by atoms with Gasteiger partial charge in [-0.05, 0) is 6.42 Å². The molecule has 0 radical (unpaired) electrons. The van der Waals surface area contributed by atoms with Crippen LogP contribution in [0.1, 0.15) is 19.3 Å². The molecule has 0 aliphatic heterocycles. The maximum Gasteiger partial charge on any atom is 0.171 e. The molecule has 0 aliphatic rings. The Morgan fingerprint density at radius 1 is 1.05 bits per heavy atom. The standard InChI is InChI=1S/C15H24O6/c1-4-7-12(18)14(20,8-5-2)15(21,9-6-3)13(19)11(17)10-16/h4-6,11,13,16-17,19-21H,1-3,7-10H2/t11-,13-,14+,15+/m1/s1. The molecule has 120 valence electrons. The average molecular weight is 300 g/mol. The van der Waals surface area contributed by atoms with Gasteiger partial charge >= 0.3 is 0 Å². The van der Waals surface area contributed by atoms with Gasteiger partial charge in [-0.1, -0.05) is 18.2 Å². The third-order valence-corrected chi connectivity index (χ3v) is 3.44. The first-order chi connectivity index (χ1) is 9.74. The van der Waals surface area contributed by atoms with Crippen LogP contribution in [0.4, 0.5) is 0 Å². The molecule has 6 nitrogen and oxygen atoms in total. The topological polar surface area (TPSA) is 118 Å². The summed E-state index contributed by atoms with van der Waals surface area (Å²) in [4.78, 5) is 12.2. The number of allylic oxidation sites excluding steroid dienone is 1. The summed E-state index contributed by atoms with van der Waals surface area (Å²) in [6, 6.07) is 0. The van der Waals surface area contributed by atoms with E-state index in [1.165, 1.54) is 18.2 Å². The van der Waals surface area contributed by atoms with Crippen LogP contribution in [-0.2, 0) is 4.79 Å². The zero-order valence-corrected chi connectivity index (χ0v) is 12.0. The Labute approximate surface area is 124 Å². The van der Waals surface area contributed by atoms with Crippen LogP contribution >= 0.6 is 0 Å². The number of aliphatic hydroxyl groups is 5. The first-order valence-corrected chi connectivity index (χ1v) is 6.52.